The second-order valence-electron chi connectivity index (χ2n) is 11.0. The summed E-state index contributed by atoms with van der Waals surface area (Å²) in [6, 6.07) is 7.59. The van der Waals surface area contributed by atoms with Crippen molar-refractivity contribution in [3.63, 3.8) is 0 Å². The van der Waals surface area contributed by atoms with Crippen molar-refractivity contribution < 1.29 is 13.9 Å². The molecule has 0 unspecified atom stereocenters. The first-order chi connectivity index (χ1) is 18.7. The number of piperazine rings is 1. The summed E-state index contributed by atoms with van der Waals surface area (Å²) >= 11 is 0. The quantitative estimate of drug-likeness (QED) is 0.391. The van der Waals surface area contributed by atoms with E-state index in [1.54, 1.807) is 36.3 Å². The first kappa shape index (κ1) is 25.4. The summed E-state index contributed by atoms with van der Waals surface area (Å²) in [5, 5.41) is 11.9. The summed E-state index contributed by atoms with van der Waals surface area (Å²) in [5.74, 6) is -0.448. The molecule has 2 aromatic carbocycles. The van der Waals surface area contributed by atoms with E-state index in [1.165, 1.54) is 6.07 Å². The molecule has 11 heteroatoms. The molecule has 10 nitrogen and oxygen atoms in total. The van der Waals surface area contributed by atoms with Crippen LogP contribution in [-0.2, 0) is 7.05 Å². The second-order valence-corrected chi connectivity index (χ2v) is 11.0. The fraction of sp³-hybridized carbons (Fsp3) is 0.429. The standard InChI is InChI=1S/C28H33FN8O2/c1-16-10-37(11-17(2)31-16)24-6-5-21(26-22(24)9-30-28(33-26)39-15-18-12-35(3)13-18)27(38)32-20-7-19-14-36(4)34-25(19)23(29)8-20/h5-9,14,16-18,31H,10-13,15H2,1-4H3,(H,32,38)/t16-,17+. The van der Waals surface area contributed by atoms with E-state index in [4.69, 9.17) is 9.72 Å². The molecule has 0 spiro atoms. The van der Waals surface area contributed by atoms with Gasteiger partial charge in [0.25, 0.3) is 5.91 Å². The van der Waals surface area contributed by atoms with Crippen molar-refractivity contribution in [1.82, 2.24) is 30.0 Å². The molecule has 1 amide bonds. The van der Waals surface area contributed by atoms with Crippen LogP contribution in [0.5, 0.6) is 6.01 Å². The summed E-state index contributed by atoms with van der Waals surface area (Å²) < 4.78 is 22.2. The highest BCUT2D eigenvalue weighted by atomic mass is 19.1. The molecule has 39 heavy (non-hydrogen) atoms. The number of aromatic nitrogens is 4. The molecule has 6 rings (SSSR count). The van der Waals surface area contributed by atoms with Gasteiger partial charge in [-0.1, -0.05) is 0 Å². The smallest absolute Gasteiger partial charge is 0.316 e. The Labute approximate surface area is 226 Å². The largest absolute Gasteiger partial charge is 0.463 e. The van der Waals surface area contributed by atoms with Crippen LogP contribution < -0.4 is 20.3 Å². The minimum absolute atomic E-state index is 0.244. The number of nitrogens with zero attached hydrogens (tertiary/aromatic N) is 6. The van der Waals surface area contributed by atoms with E-state index in [2.05, 4.69) is 51.4 Å². The molecule has 2 fully saturated rings. The van der Waals surface area contributed by atoms with Crippen LogP contribution in [0.25, 0.3) is 21.8 Å². The Morgan fingerprint density at radius 3 is 2.64 bits per heavy atom. The molecule has 2 aromatic heterocycles. The lowest BCUT2D eigenvalue weighted by atomic mass is 10.0. The Bertz CT molecular complexity index is 1540. The predicted molar refractivity (Wildman–Crippen MR) is 149 cm³/mol. The highest BCUT2D eigenvalue weighted by Gasteiger charge is 2.26. The van der Waals surface area contributed by atoms with Crippen molar-refractivity contribution in [1.29, 1.82) is 0 Å². The van der Waals surface area contributed by atoms with Gasteiger partial charge >= 0.3 is 6.01 Å². The maximum absolute atomic E-state index is 14.7. The van der Waals surface area contributed by atoms with E-state index in [0.29, 0.717) is 46.8 Å². The molecular weight excluding hydrogens is 499 g/mol. The third-order valence-corrected chi connectivity index (χ3v) is 7.37. The van der Waals surface area contributed by atoms with Gasteiger partial charge in [0, 0.05) is 85.8 Å². The molecule has 204 valence electrons. The second kappa shape index (κ2) is 10.0. The van der Waals surface area contributed by atoms with Crippen LogP contribution in [0.2, 0.25) is 0 Å². The number of carbonyl (C=O) groups excluding carboxylic acids is 1. The third kappa shape index (κ3) is 5.11. The molecular formula is C28H33FN8O2. The fourth-order valence-electron chi connectivity index (χ4n) is 5.75. The maximum Gasteiger partial charge on any atom is 0.316 e. The topological polar surface area (TPSA) is 100 Å². The van der Waals surface area contributed by atoms with E-state index < -0.39 is 5.82 Å². The van der Waals surface area contributed by atoms with E-state index >= 15 is 0 Å². The van der Waals surface area contributed by atoms with Gasteiger partial charge in [0.05, 0.1) is 17.7 Å². The predicted octanol–water partition coefficient (Wildman–Crippen LogP) is 3.03. The van der Waals surface area contributed by atoms with Gasteiger partial charge in [0.2, 0.25) is 0 Å². The van der Waals surface area contributed by atoms with Crippen LogP contribution in [0.1, 0.15) is 24.2 Å². The Hall–Kier alpha value is -3.83. The lowest BCUT2D eigenvalue weighted by molar-refractivity contribution is 0.0819. The SMILES string of the molecule is C[C@@H]1CN(c2ccc(C(=O)Nc3cc(F)c4nn(C)cc4c3)c3nc(OCC4CN(C)C4)ncc23)C[C@H](C)N1. The van der Waals surface area contributed by atoms with Gasteiger partial charge in [-0.25, -0.2) is 9.37 Å². The zero-order valence-electron chi connectivity index (χ0n) is 22.6. The Morgan fingerprint density at radius 2 is 1.90 bits per heavy atom. The van der Waals surface area contributed by atoms with Gasteiger partial charge in [0.1, 0.15) is 5.52 Å². The number of halogens is 1. The number of nitrogens with one attached hydrogen (secondary N) is 2. The fourth-order valence-corrected chi connectivity index (χ4v) is 5.75. The molecule has 0 bridgehead atoms. The minimum atomic E-state index is -0.495. The number of likely N-dealkylation sites (tertiary alicyclic amines) is 1. The third-order valence-electron chi connectivity index (χ3n) is 7.37. The lowest BCUT2D eigenvalue weighted by Crippen LogP contribution is -2.54. The maximum atomic E-state index is 14.7. The zero-order valence-corrected chi connectivity index (χ0v) is 22.6. The first-order valence-electron chi connectivity index (χ1n) is 13.3. The van der Waals surface area contributed by atoms with Crippen LogP contribution >= 0.6 is 0 Å². The molecule has 2 atom stereocenters. The highest BCUT2D eigenvalue weighted by molar-refractivity contribution is 6.14. The molecule has 0 radical (unpaired) electrons. The number of amides is 1. The van der Waals surface area contributed by atoms with Gasteiger partial charge in [-0.3, -0.25) is 9.48 Å². The number of aryl methyl sites for hydroxylation is 1. The summed E-state index contributed by atoms with van der Waals surface area (Å²) in [6.45, 7) is 8.43. The van der Waals surface area contributed by atoms with Crippen molar-refractivity contribution in [3.8, 4) is 6.01 Å². The number of anilines is 2. The minimum Gasteiger partial charge on any atom is -0.463 e. The molecule has 4 heterocycles. The van der Waals surface area contributed by atoms with E-state index in [9.17, 15) is 9.18 Å². The van der Waals surface area contributed by atoms with Gasteiger partial charge in [-0.2, -0.15) is 10.1 Å². The van der Waals surface area contributed by atoms with Gasteiger partial charge in [0.15, 0.2) is 5.82 Å². The number of rotatable bonds is 6. The zero-order chi connectivity index (χ0) is 27.3. The molecule has 2 aliphatic rings. The van der Waals surface area contributed by atoms with Gasteiger partial charge in [-0.15, -0.1) is 0 Å². The summed E-state index contributed by atoms with van der Waals surface area (Å²) in [4.78, 5) is 27.3. The molecule has 2 N–H and O–H groups in total. The number of hydrogen-bond acceptors (Lipinski definition) is 8. The average Bonchev–Trinajstić information content (AvgIpc) is 3.25. The van der Waals surface area contributed by atoms with Crippen LogP contribution in [0, 0.1) is 11.7 Å². The van der Waals surface area contributed by atoms with Crippen LogP contribution in [0.15, 0.2) is 36.7 Å². The molecule has 0 saturated carbocycles. The number of fused-ring (bicyclic) bond motifs is 2. The summed E-state index contributed by atoms with van der Waals surface area (Å²) in [7, 11) is 3.80. The lowest BCUT2D eigenvalue weighted by Gasteiger charge is -2.38. The summed E-state index contributed by atoms with van der Waals surface area (Å²) in [6.07, 6.45) is 3.46. The number of hydrogen-bond donors (Lipinski definition) is 2. The molecule has 4 aromatic rings. The number of ether oxygens (including phenoxy) is 1. The van der Waals surface area contributed by atoms with Crippen molar-refractivity contribution in [2.45, 2.75) is 25.9 Å². The van der Waals surface area contributed by atoms with E-state index in [0.717, 1.165) is 37.3 Å². The molecule has 2 aliphatic heterocycles. The Kier molecular flexibility index (Phi) is 6.56. The number of benzene rings is 2. The molecule has 0 aliphatic carbocycles. The molecule has 2 saturated heterocycles. The van der Waals surface area contributed by atoms with Crippen molar-refractivity contribution >= 4 is 39.1 Å². The van der Waals surface area contributed by atoms with Crippen molar-refractivity contribution in [2.75, 3.05) is 50.1 Å². The van der Waals surface area contributed by atoms with E-state index in [-0.39, 0.29) is 17.4 Å². The van der Waals surface area contributed by atoms with Crippen molar-refractivity contribution in [3.05, 3.63) is 48.0 Å². The van der Waals surface area contributed by atoms with Gasteiger partial charge in [-0.05, 0) is 45.2 Å². The van der Waals surface area contributed by atoms with Crippen LogP contribution in [-0.4, -0.2) is 82.5 Å². The van der Waals surface area contributed by atoms with Gasteiger partial charge < -0.3 is 25.2 Å². The Balaban J connectivity index is 1.35. The normalized spacial score (nSPS) is 20.4. The van der Waals surface area contributed by atoms with E-state index in [1.807, 2.05) is 6.07 Å². The monoisotopic (exact) mass is 532 g/mol. The number of carbonyl (C=O) groups is 1. The van der Waals surface area contributed by atoms with Crippen molar-refractivity contribution in [2.24, 2.45) is 13.0 Å². The van der Waals surface area contributed by atoms with Crippen LogP contribution in [0.3, 0.4) is 0 Å². The summed E-state index contributed by atoms with van der Waals surface area (Å²) in [5.41, 5.74) is 2.45. The average molecular weight is 533 g/mol. The highest BCUT2D eigenvalue weighted by Crippen LogP contribution is 2.31. The first-order valence-corrected chi connectivity index (χ1v) is 13.3. The Morgan fingerprint density at radius 1 is 1.13 bits per heavy atom. The van der Waals surface area contributed by atoms with Crippen LogP contribution in [0.4, 0.5) is 15.8 Å².